The minimum absolute atomic E-state index is 0.0684. The molecule has 1 atom stereocenters. The second-order valence-electron chi connectivity index (χ2n) is 5.02. The number of hydrogen-bond donors (Lipinski definition) is 2. The van der Waals surface area contributed by atoms with Crippen molar-refractivity contribution in [1.82, 2.24) is 0 Å². The molecule has 0 fully saturated rings. The second kappa shape index (κ2) is 6.09. The Bertz CT molecular complexity index is 473. The Morgan fingerprint density at radius 3 is 2.26 bits per heavy atom. The molecule has 2 N–H and O–H groups in total. The summed E-state index contributed by atoms with van der Waals surface area (Å²) in [5.74, 6) is -2.27. The Balaban J connectivity index is 3.33. The third kappa shape index (κ3) is 3.72. The highest BCUT2D eigenvalue weighted by Crippen LogP contribution is 2.39. The lowest BCUT2D eigenvalue weighted by Crippen LogP contribution is -2.34. The molecule has 0 spiro atoms. The summed E-state index contributed by atoms with van der Waals surface area (Å²) < 4.78 is 27.8. The molecule has 0 aliphatic rings. The third-order valence-electron chi connectivity index (χ3n) is 3.07. The van der Waals surface area contributed by atoms with Crippen molar-refractivity contribution in [2.24, 2.45) is 5.92 Å². The first-order valence-corrected chi connectivity index (χ1v) is 5.92. The van der Waals surface area contributed by atoms with Gasteiger partial charge in [-0.25, -0.2) is 13.6 Å². The summed E-state index contributed by atoms with van der Waals surface area (Å²) >= 11 is 0. The molecule has 0 radical (unpaired) electrons. The van der Waals surface area contributed by atoms with Crippen LogP contribution in [0, 0.1) is 18.3 Å². The van der Waals surface area contributed by atoms with Gasteiger partial charge in [-0.2, -0.15) is 0 Å². The van der Waals surface area contributed by atoms with E-state index in [-0.39, 0.29) is 11.3 Å². The van der Waals surface area contributed by atoms with Gasteiger partial charge >= 0.3 is 0 Å². The number of benzene rings is 1. The molecular formula is C14H17F2NO2. The average Bonchev–Trinajstić information content (AvgIpc) is 2.33. The van der Waals surface area contributed by atoms with Crippen molar-refractivity contribution in [1.29, 1.82) is 0 Å². The monoisotopic (exact) mass is 269 g/mol. The van der Waals surface area contributed by atoms with Crippen LogP contribution >= 0.6 is 0 Å². The fourth-order valence-electron chi connectivity index (χ4n) is 2.34. The molecule has 0 saturated carbocycles. The molecule has 0 unspecified atom stereocenters. The Morgan fingerprint density at radius 2 is 1.84 bits per heavy atom. The molecule has 1 rings (SSSR count). The summed E-state index contributed by atoms with van der Waals surface area (Å²) in [6.07, 6.45) is 0. The Morgan fingerprint density at radius 1 is 1.26 bits per heavy atom. The summed E-state index contributed by atoms with van der Waals surface area (Å²) in [6.45, 7) is 8.67. The zero-order valence-electron chi connectivity index (χ0n) is 10.9. The minimum atomic E-state index is -1.76. The van der Waals surface area contributed by atoms with Gasteiger partial charge in [-0.15, -0.1) is 0 Å². The van der Waals surface area contributed by atoms with E-state index in [0.29, 0.717) is 0 Å². The SMILES string of the molecule is [C-]#[N+]c1cc(F)cc([C@H](C(CO)CO)C(C)(C)F)c1. The predicted octanol–water partition coefficient (Wildman–Crippen LogP) is 2.81. The Hall–Kier alpha value is -1.51. The summed E-state index contributed by atoms with van der Waals surface area (Å²) in [5, 5.41) is 18.5. The summed E-state index contributed by atoms with van der Waals surface area (Å²) in [4.78, 5) is 3.13. The van der Waals surface area contributed by atoms with Gasteiger partial charge in [0.1, 0.15) is 11.5 Å². The van der Waals surface area contributed by atoms with Gasteiger partial charge in [-0.1, -0.05) is 6.07 Å². The fraction of sp³-hybridized carbons (Fsp3) is 0.500. The number of halogens is 2. The van der Waals surface area contributed by atoms with Crippen molar-refractivity contribution in [2.45, 2.75) is 25.4 Å². The number of aliphatic hydroxyl groups is 2. The molecule has 1 aromatic rings. The molecule has 0 aromatic heterocycles. The summed E-state index contributed by atoms with van der Waals surface area (Å²) in [6, 6.07) is 3.59. The van der Waals surface area contributed by atoms with Crippen LogP contribution in [-0.4, -0.2) is 29.1 Å². The van der Waals surface area contributed by atoms with Gasteiger partial charge in [0, 0.05) is 25.0 Å². The van der Waals surface area contributed by atoms with Crippen molar-refractivity contribution in [3.05, 3.63) is 41.0 Å². The maximum absolute atomic E-state index is 14.3. The van der Waals surface area contributed by atoms with Gasteiger partial charge in [-0.05, 0) is 31.5 Å². The first-order valence-electron chi connectivity index (χ1n) is 5.92. The van der Waals surface area contributed by atoms with E-state index in [9.17, 15) is 19.0 Å². The summed E-state index contributed by atoms with van der Waals surface area (Å²) in [7, 11) is 0. The molecule has 104 valence electrons. The number of rotatable bonds is 5. The first-order chi connectivity index (χ1) is 8.83. The highest BCUT2D eigenvalue weighted by atomic mass is 19.1. The summed E-state index contributed by atoms with van der Waals surface area (Å²) in [5.41, 5.74) is -1.42. The Labute approximate surface area is 111 Å². The normalized spacial score (nSPS) is 13.4. The number of nitrogens with zero attached hydrogens (tertiary/aromatic N) is 1. The van der Waals surface area contributed by atoms with E-state index in [1.54, 1.807) is 0 Å². The van der Waals surface area contributed by atoms with Crippen molar-refractivity contribution >= 4 is 5.69 Å². The van der Waals surface area contributed by atoms with E-state index >= 15 is 0 Å². The molecule has 0 saturated heterocycles. The Kier molecular flexibility index (Phi) is 4.98. The molecule has 19 heavy (non-hydrogen) atoms. The highest BCUT2D eigenvalue weighted by molar-refractivity contribution is 5.48. The molecule has 0 heterocycles. The largest absolute Gasteiger partial charge is 0.396 e. The third-order valence-corrected chi connectivity index (χ3v) is 3.07. The van der Waals surface area contributed by atoms with Gasteiger partial charge in [-0.3, -0.25) is 0 Å². The van der Waals surface area contributed by atoms with Crippen LogP contribution < -0.4 is 0 Å². The van der Waals surface area contributed by atoms with Crippen molar-refractivity contribution in [3.63, 3.8) is 0 Å². The van der Waals surface area contributed by atoms with Crippen LogP contribution in [0.25, 0.3) is 4.85 Å². The van der Waals surface area contributed by atoms with E-state index < -0.39 is 36.5 Å². The number of aliphatic hydroxyl groups excluding tert-OH is 2. The maximum Gasteiger partial charge on any atom is 0.190 e. The number of alkyl halides is 1. The topological polar surface area (TPSA) is 44.8 Å². The molecule has 0 aliphatic carbocycles. The molecule has 0 amide bonds. The van der Waals surface area contributed by atoms with Crippen LogP contribution in [0.5, 0.6) is 0 Å². The highest BCUT2D eigenvalue weighted by Gasteiger charge is 2.36. The van der Waals surface area contributed by atoms with E-state index in [0.717, 1.165) is 12.1 Å². The molecular weight excluding hydrogens is 252 g/mol. The number of hydrogen-bond acceptors (Lipinski definition) is 2. The smallest absolute Gasteiger partial charge is 0.190 e. The zero-order valence-corrected chi connectivity index (χ0v) is 10.9. The van der Waals surface area contributed by atoms with E-state index in [4.69, 9.17) is 6.57 Å². The molecule has 0 bridgehead atoms. The standard InChI is InChI=1S/C14H17F2NO2/c1-14(2,16)13(10(7-18)8-19)9-4-11(15)6-12(5-9)17-3/h4-6,10,13,18-19H,7-8H2,1-2H3/t13-/m1/s1. The lowest BCUT2D eigenvalue weighted by Gasteiger charge is -2.33. The predicted molar refractivity (Wildman–Crippen MR) is 68.3 cm³/mol. The van der Waals surface area contributed by atoms with Crippen molar-refractivity contribution in [2.75, 3.05) is 13.2 Å². The fourth-order valence-corrected chi connectivity index (χ4v) is 2.34. The first kappa shape index (κ1) is 15.5. The second-order valence-corrected chi connectivity index (χ2v) is 5.02. The van der Waals surface area contributed by atoms with Gasteiger partial charge in [0.2, 0.25) is 0 Å². The molecule has 0 aliphatic heterocycles. The van der Waals surface area contributed by atoms with Gasteiger partial charge in [0.15, 0.2) is 5.69 Å². The molecule has 1 aromatic carbocycles. The lowest BCUT2D eigenvalue weighted by atomic mass is 9.77. The van der Waals surface area contributed by atoms with Gasteiger partial charge in [0.25, 0.3) is 0 Å². The van der Waals surface area contributed by atoms with Gasteiger partial charge < -0.3 is 10.2 Å². The van der Waals surface area contributed by atoms with Crippen LogP contribution in [0.15, 0.2) is 18.2 Å². The van der Waals surface area contributed by atoms with E-state index in [2.05, 4.69) is 4.85 Å². The minimum Gasteiger partial charge on any atom is -0.396 e. The quantitative estimate of drug-likeness (QED) is 0.807. The van der Waals surface area contributed by atoms with Crippen molar-refractivity contribution < 1.29 is 19.0 Å². The average molecular weight is 269 g/mol. The van der Waals surface area contributed by atoms with Crippen LogP contribution in [0.4, 0.5) is 14.5 Å². The van der Waals surface area contributed by atoms with Crippen LogP contribution in [0.1, 0.15) is 25.3 Å². The molecule has 5 heteroatoms. The van der Waals surface area contributed by atoms with Crippen LogP contribution in [-0.2, 0) is 0 Å². The van der Waals surface area contributed by atoms with Crippen LogP contribution in [0.3, 0.4) is 0 Å². The van der Waals surface area contributed by atoms with Crippen LogP contribution in [0.2, 0.25) is 0 Å². The maximum atomic E-state index is 14.3. The zero-order chi connectivity index (χ0) is 14.6. The van der Waals surface area contributed by atoms with E-state index in [1.165, 1.54) is 19.9 Å². The van der Waals surface area contributed by atoms with Gasteiger partial charge in [0.05, 0.1) is 6.57 Å². The van der Waals surface area contributed by atoms with Crippen molar-refractivity contribution in [3.8, 4) is 0 Å². The van der Waals surface area contributed by atoms with E-state index in [1.807, 2.05) is 0 Å². The lowest BCUT2D eigenvalue weighted by molar-refractivity contribution is 0.0607. The molecule has 3 nitrogen and oxygen atoms in total.